The number of nitrogens with zero attached hydrogens (tertiary/aromatic N) is 2. The van der Waals surface area contributed by atoms with Gasteiger partial charge in [-0.25, -0.2) is 4.98 Å². The number of hydrogen-bond donors (Lipinski definition) is 1. The number of rotatable bonds is 4. The standard InChI is InChI=1S/C10H13F3N2OS/c1-6(16)8-4-17-9(14-8)15(7-2-3-7)5-10(11,12)13/h4,6-7,16H,2-3,5H2,1H3. The summed E-state index contributed by atoms with van der Waals surface area (Å²) in [5.74, 6) is 0. The summed E-state index contributed by atoms with van der Waals surface area (Å²) in [6.07, 6.45) is -3.41. The fourth-order valence-electron chi connectivity index (χ4n) is 1.53. The van der Waals surface area contributed by atoms with Crippen LogP contribution in [0.2, 0.25) is 0 Å². The second-order valence-corrected chi connectivity index (χ2v) is 5.04. The van der Waals surface area contributed by atoms with Crippen LogP contribution in [0.3, 0.4) is 0 Å². The van der Waals surface area contributed by atoms with Crippen LogP contribution in [0.4, 0.5) is 18.3 Å². The number of anilines is 1. The number of halogens is 3. The van der Waals surface area contributed by atoms with E-state index in [1.807, 2.05) is 0 Å². The zero-order valence-corrected chi connectivity index (χ0v) is 10.1. The van der Waals surface area contributed by atoms with Gasteiger partial charge in [0.1, 0.15) is 6.54 Å². The van der Waals surface area contributed by atoms with Gasteiger partial charge in [0.15, 0.2) is 5.13 Å². The van der Waals surface area contributed by atoms with Gasteiger partial charge in [-0.05, 0) is 19.8 Å². The highest BCUT2D eigenvalue weighted by Crippen LogP contribution is 2.36. The topological polar surface area (TPSA) is 36.4 Å². The number of aromatic nitrogens is 1. The Morgan fingerprint density at radius 1 is 1.59 bits per heavy atom. The van der Waals surface area contributed by atoms with Crippen molar-refractivity contribution in [1.29, 1.82) is 0 Å². The summed E-state index contributed by atoms with van der Waals surface area (Å²) in [6, 6.07) is -0.0513. The van der Waals surface area contributed by atoms with E-state index in [0.717, 1.165) is 24.2 Å². The molecule has 7 heteroatoms. The highest BCUT2D eigenvalue weighted by molar-refractivity contribution is 7.13. The lowest BCUT2D eigenvalue weighted by Crippen LogP contribution is -2.35. The van der Waals surface area contributed by atoms with Crippen LogP contribution in [-0.2, 0) is 0 Å². The molecule has 1 saturated carbocycles. The van der Waals surface area contributed by atoms with Crippen molar-refractivity contribution < 1.29 is 18.3 Å². The van der Waals surface area contributed by atoms with E-state index in [1.54, 1.807) is 12.3 Å². The average molecular weight is 266 g/mol. The van der Waals surface area contributed by atoms with E-state index in [9.17, 15) is 18.3 Å². The molecule has 1 aromatic rings. The van der Waals surface area contributed by atoms with Crippen LogP contribution in [0, 0.1) is 0 Å². The molecule has 1 N–H and O–H groups in total. The molecule has 1 unspecified atom stereocenters. The maximum absolute atomic E-state index is 12.4. The smallest absolute Gasteiger partial charge is 0.387 e. The van der Waals surface area contributed by atoms with Gasteiger partial charge in [-0.2, -0.15) is 13.2 Å². The molecule has 1 aromatic heterocycles. The minimum absolute atomic E-state index is 0.0513. The molecule has 0 aliphatic heterocycles. The quantitative estimate of drug-likeness (QED) is 0.910. The first-order valence-corrected chi connectivity index (χ1v) is 6.21. The van der Waals surface area contributed by atoms with Crippen LogP contribution >= 0.6 is 11.3 Å². The maximum Gasteiger partial charge on any atom is 0.406 e. The molecule has 3 nitrogen and oxygen atoms in total. The minimum atomic E-state index is -4.22. The van der Waals surface area contributed by atoms with E-state index in [-0.39, 0.29) is 6.04 Å². The van der Waals surface area contributed by atoms with Crippen molar-refractivity contribution in [3.8, 4) is 0 Å². The summed E-state index contributed by atoms with van der Waals surface area (Å²) in [4.78, 5) is 5.34. The van der Waals surface area contributed by atoms with Crippen molar-refractivity contribution in [2.45, 2.75) is 38.1 Å². The van der Waals surface area contributed by atoms with Crippen molar-refractivity contribution >= 4 is 16.5 Å². The normalized spacial score (nSPS) is 18.2. The molecule has 0 spiro atoms. The Morgan fingerprint density at radius 3 is 2.65 bits per heavy atom. The number of thiazole rings is 1. The monoisotopic (exact) mass is 266 g/mol. The fourth-order valence-corrected chi connectivity index (χ4v) is 2.52. The van der Waals surface area contributed by atoms with E-state index in [1.165, 1.54) is 4.90 Å². The van der Waals surface area contributed by atoms with Gasteiger partial charge < -0.3 is 10.0 Å². The molecule has 17 heavy (non-hydrogen) atoms. The highest BCUT2D eigenvalue weighted by Gasteiger charge is 2.39. The molecular weight excluding hydrogens is 253 g/mol. The van der Waals surface area contributed by atoms with E-state index >= 15 is 0 Å². The predicted octanol–water partition coefficient (Wildman–Crippen LogP) is 2.73. The lowest BCUT2D eigenvalue weighted by atomic mass is 10.3. The molecule has 2 rings (SSSR count). The van der Waals surface area contributed by atoms with Crippen molar-refractivity contribution in [3.63, 3.8) is 0 Å². The molecular formula is C10H13F3N2OS. The predicted molar refractivity (Wildman–Crippen MR) is 59.2 cm³/mol. The first-order valence-electron chi connectivity index (χ1n) is 5.33. The molecule has 1 fully saturated rings. The van der Waals surface area contributed by atoms with Crippen LogP contribution < -0.4 is 4.90 Å². The number of aliphatic hydroxyl groups excluding tert-OH is 1. The Hall–Kier alpha value is -0.820. The third-order valence-corrected chi connectivity index (χ3v) is 3.42. The first kappa shape index (κ1) is 12.6. The van der Waals surface area contributed by atoms with Crippen molar-refractivity contribution in [2.75, 3.05) is 11.4 Å². The Kier molecular flexibility index (Phi) is 3.31. The first-order chi connectivity index (χ1) is 7.87. The summed E-state index contributed by atoms with van der Waals surface area (Å²) in [7, 11) is 0. The molecule has 0 bridgehead atoms. The molecule has 0 saturated heterocycles. The molecule has 96 valence electrons. The Bertz CT molecular complexity index is 387. The minimum Gasteiger partial charge on any atom is -0.387 e. The average Bonchev–Trinajstić information content (AvgIpc) is 2.90. The molecule has 1 heterocycles. The highest BCUT2D eigenvalue weighted by atomic mass is 32.1. The van der Waals surface area contributed by atoms with Crippen molar-refractivity contribution in [3.05, 3.63) is 11.1 Å². The van der Waals surface area contributed by atoms with Gasteiger partial charge in [0.25, 0.3) is 0 Å². The summed E-state index contributed by atoms with van der Waals surface area (Å²) >= 11 is 1.15. The molecule has 0 radical (unpaired) electrons. The largest absolute Gasteiger partial charge is 0.406 e. The number of aliphatic hydroxyl groups is 1. The van der Waals surface area contributed by atoms with Crippen LogP contribution in [0.1, 0.15) is 31.6 Å². The van der Waals surface area contributed by atoms with Crippen LogP contribution in [-0.4, -0.2) is 28.9 Å². The fraction of sp³-hybridized carbons (Fsp3) is 0.700. The van der Waals surface area contributed by atoms with Gasteiger partial charge in [0.05, 0.1) is 11.8 Å². The molecule has 1 aliphatic carbocycles. The van der Waals surface area contributed by atoms with Crippen molar-refractivity contribution in [2.24, 2.45) is 0 Å². The van der Waals surface area contributed by atoms with Crippen LogP contribution in [0.15, 0.2) is 5.38 Å². The molecule has 0 aromatic carbocycles. The van der Waals surface area contributed by atoms with Gasteiger partial charge in [-0.1, -0.05) is 0 Å². The Balaban J connectivity index is 2.14. The molecule has 1 aliphatic rings. The summed E-state index contributed by atoms with van der Waals surface area (Å²) in [5, 5.41) is 11.3. The second-order valence-electron chi connectivity index (χ2n) is 4.21. The molecule has 0 amide bonds. The van der Waals surface area contributed by atoms with Crippen LogP contribution in [0.5, 0.6) is 0 Å². The Morgan fingerprint density at radius 2 is 2.24 bits per heavy atom. The zero-order valence-electron chi connectivity index (χ0n) is 9.24. The van der Waals surface area contributed by atoms with Crippen LogP contribution in [0.25, 0.3) is 0 Å². The lowest BCUT2D eigenvalue weighted by Gasteiger charge is -2.22. The lowest BCUT2D eigenvalue weighted by molar-refractivity contribution is -0.120. The SMILES string of the molecule is CC(O)c1csc(N(CC(F)(F)F)C2CC2)n1. The summed E-state index contributed by atoms with van der Waals surface area (Å²) < 4.78 is 37.3. The van der Waals surface area contributed by atoms with E-state index in [4.69, 9.17) is 0 Å². The van der Waals surface area contributed by atoms with Gasteiger partial charge >= 0.3 is 6.18 Å². The third-order valence-electron chi connectivity index (χ3n) is 2.52. The van der Waals surface area contributed by atoms with Gasteiger partial charge in [0.2, 0.25) is 0 Å². The van der Waals surface area contributed by atoms with Crippen molar-refractivity contribution in [1.82, 2.24) is 4.98 Å². The maximum atomic E-state index is 12.4. The van der Waals surface area contributed by atoms with Gasteiger partial charge in [-0.15, -0.1) is 11.3 Å². The Labute approximate surface area is 101 Å². The number of alkyl halides is 3. The van der Waals surface area contributed by atoms with E-state index in [0.29, 0.717) is 10.8 Å². The van der Waals surface area contributed by atoms with E-state index < -0.39 is 18.8 Å². The third kappa shape index (κ3) is 3.32. The zero-order chi connectivity index (χ0) is 12.6. The summed E-state index contributed by atoms with van der Waals surface area (Å²) in [5.41, 5.74) is 0.429. The molecule has 1 atom stereocenters. The summed E-state index contributed by atoms with van der Waals surface area (Å²) in [6.45, 7) is 0.578. The van der Waals surface area contributed by atoms with E-state index in [2.05, 4.69) is 4.98 Å². The second kappa shape index (κ2) is 4.45. The number of hydrogen-bond acceptors (Lipinski definition) is 4. The van der Waals surface area contributed by atoms with Gasteiger partial charge in [-0.3, -0.25) is 0 Å². The van der Waals surface area contributed by atoms with Gasteiger partial charge in [0, 0.05) is 11.4 Å².